The molecule has 0 radical (unpaired) electrons. The molecule has 0 saturated heterocycles. The van der Waals surface area contributed by atoms with Crippen LogP contribution >= 0.6 is 20.6 Å². The summed E-state index contributed by atoms with van der Waals surface area (Å²) in [6.07, 6.45) is -45.0. The second-order valence-electron chi connectivity index (χ2n) is 24.4. The van der Waals surface area contributed by atoms with Gasteiger partial charge in [0.2, 0.25) is 0 Å². The van der Waals surface area contributed by atoms with Gasteiger partial charge in [0.05, 0.1) is 56.0 Å². The van der Waals surface area contributed by atoms with Crippen molar-refractivity contribution in [2.75, 3.05) is 11.5 Å². The van der Waals surface area contributed by atoms with Crippen LogP contribution in [0.4, 0.5) is 105 Å². The molecule has 0 fully saturated rings. The maximum Gasteiger partial charge on any atom is 0.416 e. The van der Waals surface area contributed by atoms with Crippen LogP contribution in [0.15, 0.2) is 279 Å². The largest absolute Gasteiger partial charge is 0.416 e. The Morgan fingerprint density at radius 2 is 0.342 bits per heavy atom. The van der Waals surface area contributed by atoms with Gasteiger partial charge in [-0.25, -0.2) is 7.26 Å². The van der Waals surface area contributed by atoms with Gasteiger partial charge in [-0.3, -0.25) is 0 Å². The van der Waals surface area contributed by atoms with Crippen LogP contribution in [0.5, 0.6) is 23.0 Å². The summed E-state index contributed by atoms with van der Waals surface area (Å²) in [7, 11) is -43.8. The smallest absolute Gasteiger partial charge is 0.379 e. The number of hydrogen-bond acceptors (Lipinski definition) is 18. The summed E-state index contributed by atoms with van der Waals surface area (Å²) in [5.41, 5.74) is -17.2. The molecule has 0 atom stereocenters. The molecule has 0 amide bonds. The predicted molar refractivity (Wildman–Crippen MR) is 370 cm³/mol. The Labute approximate surface area is 665 Å². The molecule has 0 aliphatic rings. The molecule has 10 rings (SSSR count). The van der Waals surface area contributed by atoms with Crippen LogP contribution in [-0.4, -0.2) is 62.0 Å². The van der Waals surface area contributed by atoms with E-state index in [0.717, 1.165) is 72.8 Å². The van der Waals surface area contributed by atoms with E-state index in [1.807, 2.05) is 0 Å². The maximum atomic E-state index is 15.2. The van der Waals surface area contributed by atoms with Gasteiger partial charge in [-0.2, -0.15) is 156 Å². The van der Waals surface area contributed by atoms with Gasteiger partial charge in [-0.1, -0.05) is 36.4 Å². The molecule has 18 nitrogen and oxygen atoms in total. The average molecular weight is 1880 g/mol. The number of rotatable bonds is 25. The summed E-state index contributed by atoms with van der Waals surface area (Å²) in [4.78, 5) is -10.0. The van der Waals surface area contributed by atoms with Crippen LogP contribution in [0.2, 0.25) is 0 Å². The standard InChI is InChI=1S/C70H42F24O18S8/c71-63(72,73)41-29-42(64(74,75)76)34-59(33-41)117(99,100)107-49-11-19-55(20-12-49)115(53-7-3-1-4-8-53,56-21-13-50(14-22-56)108-118(101,102)60-35-43(65(77,78)79)30-44(36-60)66(80,81)82)111-113(95,96)27-28-114(97,98)112-116(54-9-5-2-6-10-54,57-23-15-51(16-24-57)109-119(103,104)61-37-45(67(83,84)85)31-46(38-61)68(86,87)88)58-25-17-52(18-26-58)110-120(105,106)62-39-47(69(89,90)91)32-48(40-62)70(92,93)94/h1-26,29-40H,27-28H2. The van der Waals surface area contributed by atoms with Crippen LogP contribution < -0.4 is 16.7 Å². The monoisotopic (exact) mass is 1880 g/mol. The van der Waals surface area contributed by atoms with Crippen LogP contribution in [0, 0.1) is 0 Å². The predicted octanol–water partition coefficient (Wildman–Crippen LogP) is 20.7. The summed E-state index contributed by atoms with van der Waals surface area (Å²) in [5.74, 6) is -7.80. The van der Waals surface area contributed by atoms with Crippen molar-refractivity contribution in [1.29, 1.82) is 0 Å². The highest BCUT2D eigenvalue weighted by Crippen LogP contribution is 2.72. The molecular formula is C70H42F24O18S8. The van der Waals surface area contributed by atoms with Crippen LogP contribution in [-0.2, 0) is 117 Å². The molecule has 50 heteroatoms. The second-order valence-corrected chi connectivity index (χ2v) is 39.8. The van der Waals surface area contributed by atoms with Crippen molar-refractivity contribution in [3.63, 3.8) is 0 Å². The lowest BCUT2D eigenvalue weighted by molar-refractivity contribution is -0.145. The van der Waals surface area contributed by atoms with Gasteiger partial charge < -0.3 is 16.7 Å². The lowest BCUT2D eigenvalue weighted by Crippen LogP contribution is -2.24. The Bertz CT molecular complexity index is 5420. The van der Waals surface area contributed by atoms with E-state index in [4.69, 9.17) is 24.0 Å². The van der Waals surface area contributed by atoms with Crippen molar-refractivity contribution in [3.05, 3.63) is 275 Å². The van der Waals surface area contributed by atoms with Gasteiger partial charge in [0.15, 0.2) is 0 Å². The van der Waals surface area contributed by atoms with Crippen molar-refractivity contribution < 1.29 is 180 Å². The van der Waals surface area contributed by atoms with E-state index in [0.29, 0.717) is 48.5 Å². The minimum absolute atomic E-state index is 0.243. The summed E-state index contributed by atoms with van der Waals surface area (Å²) < 4.78 is 535. The molecule has 0 aliphatic carbocycles. The number of benzene rings is 10. The molecule has 0 aromatic heterocycles. The van der Waals surface area contributed by atoms with Gasteiger partial charge in [0, 0.05) is 29.4 Å². The van der Waals surface area contributed by atoms with Crippen molar-refractivity contribution >= 4 is 81.3 Å². The third kappa shape index (κ3) is 21.3. The number of alkyl halides is 24. The SMILES string of the molecule is O=S(=O)(CCS(=O)(=O)OS(c1ccccc1)(c1ccc(OS(=O)(=O)c2cc(C(F)(F)F)cc(C(F)(F)F)c2)cc1)c1ccc(OS(=O)(=O)c2cc(C(F)(F)F)cc(C(F)(F)F)c2)cc1)OS(c1ccccc1)(c1ccc(OS(=O)(=O)c2cc(C(F)(F)F)cc(C(F)(F)F)c2)cc1)c1ccc(OS(=O)(=O)c2cc(C(F)(F)F)cc(C(F)(F)F)c2)cc1. The molecular weight excluding hydrogens is 1840 g/mol. The van der Waals surface area contributed by atoms with E-state index in [2.05, 4.69) is 0 Å². The Balaban J connectivity index is 1.09. The lowest BCUT2D eigenvalue weighted by atomic mass is 10.1. The van der Waals surface area contributed by atoms with Crippen molar-refractivity contribution in [1.82, 2.24) is 0 Å². The molecule has 0 aliphatic heterocycles. The van der Waals surface area contributed by atoms with Gasteiger partial charge in [-0.05, 0) is 215 Å². The van der Waals surface area contributed by atoms with E-state index in [1.54, 1.807) is 0 Å². The molecule has 0 saturated carbocycles. The first-order valence-electron chi connectivity index (χ1n) is 31.8. The molecule has 646 valence electrons. The molecule has 0 spiro atoms. The maximum absolute atomic E-state index is 15.2. The zero-order valence-corrected chi connectivity index (χ0v) is 64.6. The highest BCUT2D eigenvalue weighted by molar-refractivity contribution is 8.33. The summed E-state index contributed by atoms with van der Waals surface area (Å²) in [6, 6.07) is 18.4. The minimum atomic E-state index is -5.85. The number of hydrogen-bond donors (Lipinski definition) is 0. The van der Waals surface area contributed by atoms with E-state index in [1.165, 1.54) is 36.4 Å². The van der Waals surface area contributed by atoms with Gasteiger partial charge >= 0.3 is 89.9 Å². The van der Waals surface area contributed by atoms with E-state index < -0.39 is 273 Å². The van der Waals surface area contributed by atoms with E-state index >= 15 is 16.8 Å². The van der Waals surface area contributed by atoms with Crippen LogP contribution in [0.1, 0.15) is 44.5 Å². The first kappa shape index (κ1) is 92.3. The first-order chi connectivity index (χ1) is 54.8. The van der Waals surface area contributed by atoms with Crippen LogP contribution in [0.3, 0.4) is 0 Å². The third-order valence-corrected chi connectivity index (χ3v) is 31.5. The molecule has 0 heterocycles. The zero-order valence-electron chi connectivity index (χ0n) is 58.0. The molecule has 0 bridgehead atoms. The molecule has 0 unspecified atom stereocenters. The quantitative estimate of drug-likeness (QED) is 0.0380. The van der Waals surface area contributed by atoms with Crippen molar-refractivity contribution in [3.8, 4) is 23.0 Å². The van der Waals surface area contributed by atoms with E-state index in [-0.39, 0.29) is 58.3 Å². The highest BCUT2D eigenvalue weighted by Gasteiger charge is 2.47. The first-order valence-corrected chi connectivity index (χ1v) is 43.7. The Kier molecular flexibility index (Phi) is 25.0. The molecule has 10 aromatic rings. The van der Waals surface area contributed by atoms with Gasteiger partial charge in [-0.15, -0.1) is 0 Å². The Hall–Kier alpha value is -9.96. The zero-order chi connectivity index (χ0) is 89.2. The number of halogens is 24. The van der Waals surface area contributed by atoms with Crippen molar-refractivity contribution in [2.24, 2.45) is 0 Å². The minimum Gasteiger partial charge on any atom is -0.379 e. The summed E-state index contributed by atoms with van der Waals surface area (Å²) in [5, 5.41) is 0. The van der Waals surface area contributed by atoms with Gasteiger partial charge in [0.25, 0.3) is 20.2 Å². The highest BCUT2D eigenvalue weighted by atomic mass is 32.3. The summed E-state index contributed by atoms with van der Waals surface area (Å²) >= 11 is 0. The fourth-order valence-corrected chi connectivity index (χ4v) is 25.9. The topological polar surface area (TPSA) is 260 Å². The Morgan fingerprint density at radius 3 is 0.492 bits per heavy atom. The summed E-state index contributed by atoms with van der Waals surface area (Å²) in [6.45, 7) is 0. The Morgan fingerprint density at radius 1 is 0.192 bits per heavy atom. The molecule has 0 N–H and O–H groups in total. The molecule has 10 aromatic carbocycles. The van der Waals surface area contributed by atoms with Crippen molar-refractivity contribution in [2.45, 2.75) is 98.4 Å². The van der Waals surface area contributed by atoms with Gasteiger partial charge in [0.1, 0.15) is 42.6 Å². The fourth-order valence-electron chi connectivity index (χ4n) is 10.6. The molecule has 120 heavy (non-hydrogen) atoms. The van der Waals surface area contributed by atoms with Crippen LogP contribution in [0.25, 0.3) is 0 Å². The normalized spacial score (nSPS) is 14.0. The third-order valence-electron chi connectivity index (χ3n) is 16.0. The van der Waals surface area contributed by atoms with E-state index in [9.17, 15) is 139 Å². The average Bonchev–Trinajstić information content (AvgIpc) is 0.737. The lowest BCUT2D eigenvalue weighted by Gasteiger charge is -2.40. The second kappa shape index (κ2) is 32.5. The fraction of sp³-hybridized carbons (Fsp3) is 0.143.